The topological polar surface area (TPSA) is 108 Å². The number of nitrogens with one attached hydrogen (secondary N) is 3. The summed E-state index contributed by atoms with van der Waals surface area (Å²) < 4.78 is 26.8. The second-order valence-electron chi connectivity index (χ2n) is 6.03. The van der Waals surface area contributed by atoms with E-state index in [2.05, 4.69) is 49.5 Å². The van der Waals surface area contributed by atoms with Crippen LogP contribution < -0.4 is 15.4 Å². The van der Waals surface area contributed by atoms with Gasteiger partial charge in [0.15, 0.2) is 5.96 Å². The van der Waals surface area contributed by atoms with Crippen molar-refractivity contribution in [1.82, 2.24) is 25.3 Å². The van der Waals surface area contributed by atoms with Crippen molar-refractivity contribution in [2.45, 2.75) is 38.1 Å². The zero-order valence-electron chi connectivity index (χ0n) is 15.8. The van der Waals surface area contributed by atoms with Crippen molar-refractivity contribution < 1.29 is 8.42 Å². The molecular weight excluding hydrogens is 384 g/mol. The maximum Gasteiger partial charge on any atom is 0.242 e. The van der Waals surface area contributed by atoms with E-state index in [1.54, 1.807) is 17.4 Å². The van der Waals surface area contributed by atoms with Crippen LogP contribution in [-0.4, -0.2) is 44.0 Å². The summed E-state index contributed by atoms with van der Waals surface area (Å²) in [5, 5.41) is 9.27. The van der Waals surface area contributed by atoms with Gasteiger partial charge >= 0.3 is 0 Å². The Hall–Kier alpha value is -2.04. The number of guanidine groups is 1. The van der Waals surface area contributed by atoms with Crippen molar-refractivity contribution in [3.05, 3.63) is 40.6 Å². The van der Waals surface area contributed by atoms with Crippen LogP contribution in [0.4, 0.5) is 0 Å². The minimum absolute atomic E-state index is 0.148. The molecule has 27 heavy (non-hydrogen) atoms. The number of pyridine rings is 1. The first-order valence-corrected chi connectivity index (χ1v) is 11.1. The van der Waals surface area contributed by atoms with Crippen LogP contribution in [0.15, 0.2) is 39.8 Å². The summed E-state index contributed by atoms with van der Waals surface area (Å²) in [4.78, 5) is 13.0. The van der Waals surface area contributed by atoms with Gasteiger partial charge in [0.05, 0.1) is 12.2 Å². The van der Waals surface area contributed by atoms with E-state index in [1.807, 2.05) is 6.92 Å². The number of rotatable bonds is 9. The van der Waals surface area contributed by atoms with E-state index in [9.17, 15) is 8.42 Å². The first-order valence-electron chi connectivity index (χ1n) is 8.78. The largest absolute Gasteiger partial charge is 0.357 e. The molecule has 0 aliphatic rings. The van der Waals surface area contributed by atoms with Gasteiger partial charge in [0.25, 0.3) is 0 Å². The van der Waals surface area contributed by atoms with Crippen LogP contribution in [0.25, 0.3) is 0 Å². The minimum Gasteiger partial charge on any atom is -0.357 e. The lowest BCUT2D eigenvalue weighted by Crippen LogP contribution is -2.41. The average Bonchev–Trinajstić information content (AvgIpc) is 3.13. The number of hydrogen-bond acceptors (Lipinski definition) is 6. The van der Waals surface area contributed by atoms with Gasteiger partial charge in [-0.2, -0.15) is 0 Å². The van der Waals surface area contributed by atoms with Crippen LogP contribution in [0.2, 0.25) is 0 Å². The van der Waals surface area contributed by atoms with Gasteiger partial charge in [0.2, 0.25) is 10.0 Å². The van der Waals surface area contributed by atoms with Crippen LogP contribution in [0.1, 0.15) is 37.4 Å². The predicted octanol–water partition coefficient (Wildman–Crippen LogP) is 1.70. The molecule has 148 valence electrons. The van der Waals surface area contributed by atoms with Crippen LogP contribution in [0, 0.1) is 0 Å². The van der Waals surface area contributed by atoms with Crippen LogP contribution in [0.3, 0.4) is 0 Å². The maximum absolute atomic E-state index is 12.1. The van der Waals surface area contributed by atoms with Crippen LogP contribution in [-0.2, 0) is 16.6 Å². The summed E-state index contributed by atoms with van der Waals surface area (Å²) in [7, 11) is -3.55. The Labute approximate surface area is 164 Å². The molecule has 0 radical (unpaired) electrons. The Morgan fingerprint density at radius 2 is 2.11 bits per heavy atom. The third-order valence-corrected chi connectivity index (χ3v) is 5.83. The minimum atomic E-state index is -3.55. The molecule has 0 atom stereocenters. The summed E-state index contributed by atoms with van der Waals surface area (Å²) in [5.74, 6) is 1.03. The van der Waals surface area contributed by atoms with E-state index in [1.165, 1.54) is 18.5 Å². The molecule has 0 aliphatic heterocycles. The maximum atomic E-state index is 12.1. The van der Waals surface area contributed by atoms with Gasteiger partial charge in [0.1, 0.15) is 9.90 Å². The van der Waals surface area contributed by atoms with Gasteiger partial charge < -0.3 is 10.6 Å². The molecule has 0 bridgehead atoms. The molecule has 0 saturated carbocycles. The van der Waals surface area contributed by atoms with Crippen molar-refractivity contribution in [3.63, 3.8) is 0 Å². The van der Waals surface area contributed by atoms with E-state index in [4.69, 9.17) is 0 Å². The van der Waals surface area contributed by atoms with Crippen molar-refractivity contribution >= 4 is 27.3 Å². The first kappa shape index (κ1) is 21.3. The molecule has 0 amide bonds. The first-order chi connectivity index (χ1) is 12.9. The van der Waals surface area contributed by atoms with Crippen molar-refractivity contribution in [2.75, 3.05) is 19.6 Å². The third kappa shape index (κ3) is 6.89. The smallest absolute Gasteiger partial charge is 0.242 e. The number of nitrogens with zero attached hydrogens (tertiary/aromatic N) is 3. The Morgan fingerprint density at radius 3 is 2.74 bits per heavy atom. The fourth-order valence-electron chi connectivity index (χ4n) is 2.11. The molecule has 10 heteroatoms. The highest BCUT2D eigenvalue weighted by Gasteiger charge is 2.12. The average molecular weight is 411 g/mol. The molecule has 0 aromatic carbocycles. The predicted molar refractivity (Wildman–Crippen MR) is 108 cm³/mol. The molecule has 2 rings (SSSR count). The quantitative estimate of drug-likeness (QED) is 0.330. The highest BCUT2D eigenvalue weighted by molar-refractivity contribution is 7.89. The van der Waals surface area contributed by atoms with Crippen molar-refractivity contribution in [3.8, 4) is 0 Å². The number of aliphatic imine (C=N–C) groups is 1. The summed E-state index contributed by atoms with van der Waals surface area (Å²) in [6, 6.07) is 3.10. The van der Waals surface area contributed by atoms with Gasteiger partial charge in [-0.05, 0) is 25.0 Å². The number of thiazole rings is 1. The van der Waals surface area contributed by atoms with Crippen LogP contribution in [0.5, 0.6) is 0 Å². The van der Waals surface area contributed by atoms with Gasteiger partial charge in [-0.1, -0.05) is 13.8 Å². The zero-order chi connectivity index (χ0) is 19.7. The van der Waals surface area contributed by atoms with Crippen molar-refractivity contribution in [2.24, 2.45) is 4.99 Å². The van der Waals surface area contributed by atoms with Gasteiger partial charge in [-0.25, -0.2) is 23.1 Å². The SMILES string of the molecule is CCNC(=NCc1nc(C(C)C)cs1)NCCNS(=O)(=O)c1cccnc1. The van der Waals surface area contributed by atoms with E-state index in [0.717, 1.165) is 10.7 Å². The van der Waals surface area contributed by atoms with Gasteiger partial charge in [-0.3, -0.25) is 4.98 Å². The molecule has 2 aromatic rings. The lowest BCUT2D eigenvalue weighted by Gasteiger charge is -2.11. The molecular formula is C17H26N6O2S2. The van der Waals surface area contributed by atoms with Gasteiger partial charge in [-0.15, -0.1) is 11.3 Å². The number of sulfonamides is 1. The zero-order valence-corrected chi connectivity index (χ0v) is 17.4. The normalized spacial score (nSPS) is 12.4. The third-order valence-electron chi connectivity index (χ3n) is 3.53. The Kier molecular flexibility index (Phi) is 8.14. The molecule has 0 spiro atoms. The van der Waals surface area contributed by atoms with Gasteiger partial charge in [0, 0.05) is 37.4 Å². The lowest BCUT2D eigenvalue weighted by molar-refractivity contribution is 0.580. The Morgan fingerprint density at radius 1 is 1.30 bits per heavy atom. The van der Waals surface area contributed by atoms with E-state index >= 15 is 0 Å². The second-order valence-corrected chi connectivity index (χ2v) is 8.74. The summed E-state index contributed by atoms with van der Waals surface area (Å²) >= 11 is 1.60. The highest BCUT2D eigenvalue weighted by Crippen LogP contribution is 2.18. The van der Waals surface area contributed by atoms with E-state index < -0.39 is 10.0 Å². The fraction of sp³-hybridized carbons (Fsp3) is 0.471. The lowest BCUT2D eigenvalue weighted by atomic mass is 10.2. The van der Waals surface area contributed by atoms with Crippen molar-refractivity contribution in [1.29, 1.82) is 0 Å². The summed E-state index contributed by atoms with van der Waals surface area (Å²) in [6.07, 6.45) is 2.85. The Balaban J connectivity index is 1.85. The molecule has 2 aromatic heterocycles. The van der Waals surface area contributed by atoms with E-state index in [0.29, 0.717) is 31.5 Å². The summed E-state index contributed by atoms with van der Waals surface area (Å²) in [6.45, 7) is 8.02. The van der Waals surface area contributed by atoms with Crippen LogP contribution >= 0.6 is 11.3 Å². The standard InChI is InChI=1S/C17H26N6O2S2/c1-4-19-17(21-11-16-23-15(12-26-16)13(2)3)20-8-9-22-27(24,25)14-6-5-7-18-10-14/h5-7,10,12-13,22H,4,8-9,11H2,1-3H3,(H2,19,20,21). The number of aromatic nitrogens is 2. The molecule has 0 unspecified atom stereocenters. The summed E-state index contributed by atoms with van der Waals surface area (Å²) in [5.41, 5.74) is 1.08. The van der Waals surface area contributed by atoms with E-state index in [-0.39, 0.29) is 11.4 Å². The molecule has 0 fully saturated rings. The highest BCUT2D eigenvalue weighted by atomic mass is 32.2. The molecule has 3 N–H and O–H groups in total. The fourth-order valence-corrected chi connectivity index (χ4v) is 3.98. The molecule has 2 heterocycles. The monoisotopic (exact) mass is 410 g/mol. The molecule has 0 saturated heterocycles. The molecule has 8 nitrogen and oxygen atoms in total. The second kappa shape index (κ2) is 10.3. The Bertz CT molecular complexity index is 834. The number of hydrogen-bond donors (Lipinski definition) is 3. The molecule has 0 aliphatic carbocycles.